The average Bonchev–Trinajstić information content (AvgIpc) is 1.32. The highest BCUT2D eigenvalue weighted by atomic mass is 31.1. The molecule has 12 aromatic carbocycles. The molecule has 0 amide bonds. The highest BCUT2D eigenvalue weighted by Crippen LogP contribution is 2.53. The Morgan fingerprint density at radius 1 is 0.232 bits per heavy atom. The third-order valence-electron chi connectivity index (χ3n) is 21.1. The van der Waals surface area contributed by atoms with Gasteiger partial charge in [0.25, 0.3) is 0 Å². The van der Waals surface area contributed by atoms with Gasteiger partial charge in [0.1, 0.15) is 0 Å². The van der Waals surface area contributed by atoms with Crippen LogP contribution < -0.4 is 63.7 Å². The van der Waals surface area contributed by atoms with E-state index in [4.69, 9.17) is 37.9 Å². The Hall–Kier alpha value is -7.10. The van der Waals surface area contributed by atoms with Gasteiger partial charge in [0.2, 0.25) is 11.6 Å². The average molecular weight is 1600 g/mol. The summed E-state index contributed by atoms with van der Waals surface area (Å²) in [6, 6.07) is 130. The minimum absolute atomic E-state index is 0.0195. The van der Waals surface area contributed by atoms with Crippen molar-refractivity contribution in [2.24, 2.45) is 0 Å². The van der Waals surface area contributed by atoms with Crippen molar-refractivity contribution in [3.05, 3.63) is 364 Å². The first-order chi connectivity index (χ1) is 54.5. The molecule has 12 aromatic rings. The quantitative estimate of drug-likeness (QED) is 0.0497. The molecule has 0 aliphatic carbocycles. The standard InChI is InChI=1S/C34H38O4P2.C33H36O2P2.C31H32O2P2/c1-33(35-3)34(2,36-4)38-32(26-40(29-21-13-7-14-22-29)30-23-15-8-16-24-30)31(37-33)25-39(27-17-9-5-10-18-27)28-19-11-6-12-20-28;1-25(36(27-17-9-5-10-18-27)28-19-11-6-12-20-28)31-32(35-33(3,4)34-31)26(2)37(29-21-13-7-14-22-29)30-23-15-8-16-24-30;1-31(2)32-29(23-34(25-15-7-3-8-16-25)26-17-9-4-10-18-26)30(33-31)24-35(27-19-11-5-12-20-27)28-21-13-6-14-22-28/h5-24,31-32H,25-26H2,1-4H3;5-26,31-32H,1-4H3;3-22,29-30H,23-24H2,1-2H3/t31-,32?,33+,34?;25-,26?,31-,32-;29-,30-/m010/s1. The Kier molecular flexibility index (Phi) is 29.2. The van der Waals surface area contributed by atoms with Crippen molar-refractivity contribution in [3.63, 3.8) is 0 Å². The van der Waals surface area contributed by atoms with Gasteiger partial charge < -0.3 is 37.9 Å². The first kappa shape index (κ1) is 82.9. The van der Waals surface area contributed by atoms with E-state index in [0.717, 1.165) is 24.6 Å². The molecule has 15 rings (SSSR count). The monoisotopic (exact) mass is 1600 g/mol. The summed E-state index contributed by atoms with van der Waals surface area (Å²) in [5, 5.41) is 16.3. The second kappa shape index (κ2) is 39.5. The van der Waals surface area contributed by atoms with Crippen LogP contribution in [0.15, 0.2) is 364 Å². The summed E-state index contributed by atoms with van der Waals surface area (Å²) in [6.07, 6.45) is 3.12. The van der Waals surface area contributed by atoms with Crippen LogP contribution in [-0.4, -0.2) is 110 Å². The molecule has 112 heavy (non-hydrogen) atoms. The lowest BCUT2D eigenvalue weighted by Crippen LogP contribution is -2.66. The van der Waals surface area contributed by atoms with E-state index in [0.29, 0.717) is 0 Å². The SMILES string of the molecule is CC([C@H]1OC(C)(C)O[C@@H]1[C@@H](C)P(c1ccccc1)c1ccccc1)P(c1ccccc1)c1ccccc1.CC1(C)O[C@@H](CP(c2ccccc2)c2ccccc2)[C@H](CP(c2ccccc2)c2ccccc2)O1.COC1(C)OC(CP(c2ccccc2)c2ccccc2)[C@H](CP(c2ccccc2)c2ccccc2)O[C@@]1(C)OC. The third-order valence-corrected chi connectivity index (χ3v) is 37.0. The maximum absolute atomic E-state index is 6.94. The molecule has 576 valence electrons. The van der Waals surface area contributed by atoms with E-state index in [1.807, 2.05) is 13.8 Å². The summed E-state index contributed by atoms with van der Waals surface area (Å²) in [6.45, 7) is 16.8. The topological polar surface area (TPSA) is 73.8 Å². The molecule has 0 bridgehead atoms. The molecule has 0 N–H and O–H groups in total. The van der Waals surface area contributed by atoms with Crippen LogP contribution in [0.3, 0.4) is 0 Å². The zero-order chi connectivity index (χ0) is 77.9. The Morgan fingerprint density at radius 3 is 0.554 bits per heavy atom. The van der Waals surface area contributed by atoms with Gasteiger partial charge in [0.05, 0.1) is 36.6 Å². The lowest BCUT2D eigenvalue weighted by molar-refractivity contribution is -0.442. The molecule has 3 aliphatic heterocycles. The van der Waals surface area contributed by atoms with Crippen LogP contribution in [0.25, 0.3) is 0 Å². The molecule has 14 heteroatoms. The lowest BCUT2D eigenvalue weighted by atomic mass is 10.0. The Bertz CT molecular complexity index is 4180. The molecular weight excluding hydrogens is 1490 g/mol. The van der Waals surface area contributed by atoms with E-state index in [1.165, 1.54) is 63.7 Å². The van der Waals surface area contributed by atoms with E-state index in [1.54, 1.807) is 14.2 Å². The number of benzene rings is 12. The first-order valence-corrected chi connectivity index (χ1v) is 47.9. The largest absolute Gasteiger partial charge is 0.349 e. The van der Waals surface area contributed by atoms with Crippen molar-refractivity contribution in [2.75, 3.05) is 38.9 Å². The summed E-state index contributed by atoms with van der Waals surface area (Å²) in [7, 11) is -0.499. The molecule has 3 heterocycles. The fourth-order valence-corrected chi connectivity index (χ4v) is 30.7. The Balaban J connectivity index is 0.000000147. The van der Waals surface area contributed by atoms with Crippen molar-refractivity contribution in [1.82, 2.24) is 0 Å². The third kappa shape index (κ3) is 20.9. The molecule has 3 unspecified atom stereocenters. The van der Waals surface area contributed by atoms with E-state index < -0.39 is 70.7 Å². The van der Waals surface area contributed by atoms with Crippen molar-refractivity contribution in [1.29, 1.82) is 0 Å². The van der Waals surface area contributed by atoms with E-state index in [2.05, 4.69) is 406 Å². The van der Waals surface area contributed by atoms with Gasteiger partial charge in [0.15, 0.2) is 11.6 Å². The summed E-state index contributed by atoms with van der Waals surface area (Å²) in [5.74, 6) is -3.35. The van der Waals surface area contributed by atoms with Gasteiger partial charge >= 0.3 is 0 Å². The van der Waals surface area contributed by atoms with Gasteiger partial charge in [-0.15, -0.1) is 0 Å². The molecule has 0 radical (unpaired) electrons. The van der Waals surface area contributed by atoms with Gasteiger partial charge in [-0.05, 0) is 153 Å². The molecule has 0 saturated carbocycles. The van der Waals surface area contributed by atoms with Crippen LogP contribution in [0.4, 0.5) is 0 Å². The fourth-order valence-electron chi connectivity index (χ4n) is 15.4. The van der Waals surface area contributed by atoms with Crippen LogP contribution in [0.1, 0.15) is 55.4 Å². The highest BCUT2D eigenvalue weighted by molar-refractivity contribution is 7.75. The van der Waals surface area contributed by atoms with Gasteiger partial charge in [-0.25, -0.2) is 0 Å². The number of methoxy groups -OCH3 is 2. The maximum Gasteiger partial charge on any atom is 0.220 e. The first-order valence-electron chi connectivity index (χ1n) is 39.0. The van der Waals surface area contributed by atoms with Gasteiger partial charge in [0, 0.05) is 50.2 Å². The van der Waals surface area contributed by atoms with Crippen molar-refractivity contribution in [3.8, 4) is 0 Å². The molecule has 8 nitrogen and oxygen atoms in total. The minimum Gasteiger partial charge on any atom is -0.349 e. The smallest absolute Gasteiger partial charge is 0.220 e. The second-order valence-corrected chi connectivity index (χ2v) is 43.8. The number of hydrogen-bond donors (Lipinski definition) is 0. The second-order valence-electron chi connectivity index (χ2n) is 29.6. The van der Waals surface area contributed by atoms with Crippen LogP contribution in [0, 0.1) is 0 Å². The van der Waals surface area contributed by atoms with Crippen LogP contribution in [0.5, 0.6) is 0 Å². The predicted molar refractivity (Wildman–Crippen MR) is 481 cm³/mol. The molecule has 3 fully saturated rings. The zero-order valence-corrected chi connectivity index (χ0v) is 71.4. The molecule has 0 spiro atoms. The van der Waals surface area contributed by atoms with E-state index in [9.17, 15) is 0 Å². The normalized spacial score (nSPS) is 21.8. The number of ether oxygens (including phenoxy) is 8. The number of rotatable bonds is 26. The summed E-state index contributed by atoms with van der Waals surface area (Å²) in [5.41, 5.74) is 0.551. The van der Waals surface area contributed by atoms with Crippen LogP contribution >= 0.6 is 47.5 Å². The van der Waals surface area contributed by atoms with Gasteiger partial charge in [-0.2, -0.15) is 0 Å². The highest BCUT2D eigenvalue weighted by Gasteiger charge is 2.57. The summed E-state index contributed by atoms with van der Waals surface area (Å²) >= 11 is 0. The summed E-state index contributed by atoms with van der Waals surface area (Å²) in [4.78, 5) is 0. The molecule has 3 saturated heterocycles. The van der Waals surface area contributed by atoms with Crippen LogP contribution in [-0.2, 0) is 37.9 Å². The minimum atomic E-state index is -1.07. The van der Waals surface area contributed by atoms with Crippen molar-refractivity contribution >= 4 is 111 Å². The van der Waals surface area contributed by atoms with Gasteiger partial charge in [-0.1, -0.05) is 378 Å². The van der Waals surface area contributed by atoms with Crippen LogP contribution in [0.2, 0.25) is 0 Å². The predicted octanol–water partition coefficient (Wildman–Crippen LogP) is 18.1. The summed E-state index contributed by atoms with van der Waals surface area (Å²) < 4.78 is 52.6. The fraction of sp³-hybridized carbons (Fsp3) is 0.265. The number of hydrogen-bond acceptors (Lipinski definition) is 8. The molecule has 0 aromatic heterocycles. The Labute approximate surface area is 673 Å². The van der Waals surface area contributed by atoms with Crippen molar-refractivity contribution < 1.29 is 37.9 Å². The Morgan fingerprint density at radius 2 is 0.384 bits per heavy atom. The molecule has 3 aliphatic rings. The maximum atomic E-state index is 6.94. The van der Waals surface area contributed by atoms with Crippen molar-refractivity contribution in [2.45, 2.75) is 126 Å². The molecule has 10 atom stereocenters. The van der Waals surface area contributed by atoms with Gasteiger partial charge in [-0.3, -0.25) is 0 Å². The van der Waals surface area contributed by atoms with E-state index >= 15 is 0 Å². The van der Waals surface area contributed by atoms with E-state index in [-0.39, 0.29) is 47.9 Å². The molecular formula is C98H106O8P6. The zero-order valence-electron chi connectivity index (χ0n) is 66.0. The lowest BCUT2D eigenvalue weighted by Gasteiger charge is -2.53.